The smallest absolute Gasteiger partial charge is 0.166 e. The number of aryl methyl sites for hydroxylation is 1. The summed E-state index contributed by atoms with van der Waals surface area (Å²) in [7, 11) is 1.66. The molecule has 1 aromatic heterocycles. The van der Waals surface area contributed by atoms with Crippen LogP contribution in [-0.2, 0) is 13.0 Å². The molecule has 20 heavy (non-hydrogen) atoms. The summed E-state index contributed by atoms with van der Waals surface area (Å²) in [5, 5.41) is 4.56. The Morgan fingerprint density at radius 2 is 1.95 bits per heavy atom. The van der Waals surface area contributed by atoms with Gasteiger partial charge in [-0.1, -0.05) is 12.1 Å². The minimum atomic E-state index is 0.235. The average molecular weight is 270 g/mol. The van der Waals surface area contributed by atoms with Crippen LogP contribution < -0.4 is 4.74 Å². The van der Waals surface area contributed by atoms with Crippen LogP contribution in [0.4, 0.5) is 0 Å². The lowest BCUT2D eigenvalue weighted by molar-refractivity contribution is 0.0982. The van der Waals surface area contributed by atoms with Gasteiger partial charge in [0, 0.05) is 12.6 Å². The van der Waals surface area contributed by atoms with Crippen molar-refractivity contribution in [3.05, 3.63) is 47.3 Å². The first-order valence-corrected chi connectivity index (χ1v) is 6.99. The molecule has 0 unspecified atom stereocenters. The Morgan fingerprint density at radius 3 is 2.70 bits per heavy atom. The second kappa shape index (κ2) is 5.49. The van der Waals surface area contributed by atoms with E-state index < -0.39 is 0 Å². The second-order valence-corrected chi connectivity index (χ2v) is 5.17. The summed E-state index contributed by atoms with van der Waals surface area (Å²) in [6.07, 6.45) is 5.50. The number of ether oxygens (including phenoxy) is 1. The van der Waals surface area contributed by atoms with Crippen molar-refractivity contribution >= 4 is 5.78 Å². The Morgan fingerprint density at radius 1 is 1.20 bits per heavy atom. The van der Waals surface area contributed by atoms with Gasteiger partial charge in [-0.25, -0.2) is 0 Å². The lowest BCUT2D eigenvalue weighted by atomic mass is 10.1. The van der Waals surface area contributed by atoms with E-state index in [1.165, 1.54) is 0 Å². The van der Waals surface area contributed by atoms with Crippen molar-refractivity contribution in [3.63, 3.8) is 0 Å². The number of methoxy groups -OCH3 is 1. The quantitative estimate of drug-likeness (QED) is 0.806. The minimum absolute atomic E-state index is 0.235. The maximum Gasteiger partial charge on any atom is 0.166 e. The lowest BCUT2D eigenvalue weighted by Crippen LogP contribution is -2.01. The highest BCUT2D eigenvalue weighted by Crippen LogP contribution is 2.20. The summed E-state index contributed by atoms with van der Waals surface area (Å²) in [5.41, 5.74) is 2.92. The lowest BCUT2D eigenvalue weighted by Gasteiger charge is -2.04. The van der Waals surface area contributed by atoms with Crippen molar-refractivity contribution < 1.29 is 9.53 Å². The molecule has 0 fully saturated rings. The minimum Gasteiger partial charge on any atom is -0.497 e. The molecule has 1 heterocycles. The molecule has 0 atom stereocenters. The standard InChI is InChI=1S/C16H18N2O2/c1-20-13-8-6-12(7-9-13)10-18-11-14-15(17-18)4-2-3-5-16(14)19/h6-9,11H,2-5,10H2,1H3. The van der Waals surface area contributed by atoms with Crippen LogP contribution in [0.15, 0.2) is 30.5 Å². The van der Waals surface area contributed by atoms with Gasteiger partial charge in [0.1, 0.15) is 5.75 Å². The number of hydrogen-bond donors (Lipinski definition) is 0. The molecule has 2 aromatic rings. The Labute approximate surface area is 118 Å². The van der Waals surface area contributed by atoms with Crippen molar-refractivity contribution in [2.75, 3.05) is 7.11 Å². The molecule has 0 amide bonds. The molecule has 104 valence electrons. The number of benzene rings is 1. The van der Waals surface area contributed by atoms with Crippen LogP contribution in [0.2, 0.25) is 0 Å². The summed E-state index contributed by atoms with van der Waals surface area (Å²) < 4.78 is 7.02. The van der Waals surface area contributed by atoms with Crippen molar-refractivity contribution in [1.82, 2.24) is 9.78 Å². The van der Waals surface area contributed by atoms with Crippen molar-refractivity contribution in [2.45, 2.75) is 32.2 Å². The van der Waals surface area contributed by atoms with E-state index in [-0.39, 0.29) is 5.78 Å². The second-order valence-electron chi connectivity index (χ2n) is 5.17. The van der Waals surface area contributed by atoms with Crippen molar-refractivity contribution in [2.24, 2.45) is 0 Å². The largest absolute Gasteiger partial charge is 0.497 e. The zero-order valence-corrected chi connectivity index (χ0v) is 11.6. The molecule has 0 bridgehead atoms. The normalized spacial score (nSPS) is 14.8. The van der Waals surface area contributed by atoms with Gasteiger partial charge in [0.25, 0.3) is 0 Å². The Balaban J connectivity index is 1.81. The first-order valence-electron chi connectivity index (χ1n) is 6.99. The molecule has 0 radical (unpaired) electrons. The van der Waals surface area contributed by atoms with Crippen LogP contribution in [0.25, 0.3) is 0 Å². The molecule has 0 saturated heterocycles. The van der Waals surface area contributed by atoms with Crippen LogP contribution in [-0.4, -0.2) is 22.7 Å². The van der Waals surface area contributed by atoms with Gasteiger partial charge in [-0.15, -0.1) is 0 Å². The molecule has 4 nitrogen and oxygen atoms in total. The topological polar surface area (TPSA) is 44.1 Å². The van der Waals surface area contributed by atoms with Crippen molar-refractivity contribution in [1.29, 1.82) is 0 Å². The molecule has 1 aliphatic rings. The van der Waals surface area contributed by atoms with Crippen LogP contribution in [0.5, 0.6) is 5.75 Å². The fourth-order valence-corrected chi connectivity index (χ4v) is 2.59. The highest BCUT2D eigenvalue weighted by atomic mass is 16.5. The number of Topliss-reactive ketones (excluding diaryl/α,β-unsaturated/α-hetero) is 1. The SMILES string of the molecule is COc1ccc(Cn2cc3c(n2)CCCCC3=O)cc1. The Hall–Kier alpha value is -2.10. The third kappa shape index (κ3) is 2.59. The molecule has 1 aliphatic carbocycles. The number of carbonyl (C=O) groups excluding carboxylic acids is 1. The molecular weight excluding hydrogens is 252 g/mol. The predicted octanol–water partition coefficient (Wildman–Crippen LogP) is 2.85. The van der Waals surface area contributed by atoms with E-state index >= 15 is 0 Å². The van der Waals surface area contributed by atoms with E-state index in [1.807, 2.05) is 35.1 Å². The fourth-order valence-electron chi connectivity index (χ4n) is 2.59. The summed E-state index contributed by atoms with van der Waals surface area (Å²) in [6, 6.07) is 7.92. The number of hydrogen-bond acceptors (Lipinski definition) is 3. The predicted molar refractivity (Wildman–Crippen MR) is 76.2 cm³/mol. The maximum atomic E-state index is 12.0. The van der Waals surface area contributed by atoms with E-state index in [0.717, 1.165) is 41.8 Å². The molecule has 0 spiro atoms. The first kappa shape index (κ1) is 12.9. The number of aromatic nitrogens is 2. The molecule has 3 rings (SSSR count). The zero-order chi connectivity index (χ0) is 13.9. The summed E-state index contributed by atoms with van der Waals surface area (Å²) in [4.78, 5) is 12.0. The summed E-state index contributed by atoms with van der Waals surface area (Å²) >= 11 is 0. The third-order valence-corrected chi connectivity index (χ3v) is 3.71. The summed E-state index contributed by atoms with van der Waals surface area (Å²) in [5.74, 6) is 1.08. The Bertz CT molecular complexity index is 614. The first-order chi connectivity index (χ1) is 9.76. The van der Waals surface area contributed by atoms with Gasteiger partial charge >= 0.3 is 0 Å². The molecule has 1 aromatic carbocycles. The van der Waals surface area contributed by atoms with Crippen LogP contribution in [0.3, 0.4) is 0 Å². The molecule has 0 N–H and O–H groups in total. The summed E-state index contributed by atoms with van der Waals surface area (Å²) in [6.45, 7) is 0.685. The van der Waals surface area contributed by atoms with Gasteiger partial charge < -0.3 is 4.74 Å². The van der Waals surface area contributed by atoms with Crippen LogP contribution in [0, 0.1) is 0 Å². The molecule has 0 saturated carbocycles. The van der Waals surface area contributed by atoms with Gasteiger partial charge in [-0.3, -0.25) is 9.48 Å². The van der Waals surface area contributed by atoms with Gasteiger partial charge in [0.15, 0.2) is 5.78 Å². The van der Waals surface area contributed by atoms with Gasteiger partial charge in [-0.2, -0.15) is 5.10 Å². The van der Waals surface area contributed by atoms with E-state index in [9.17, 15) is 4.79 Å². The van der Waals surface area contributed by atoms with Gasteiger partial charge in [-0.05, 0) is 37.0 Å². The van der Waals surface area contributed by atoms with Crippen LogP contribution in [0.1, 0.15) is 40.9 Å². The number of fused-ring (bicyclic) bond motifs is 1. The van der Waals surface area contributed by atoms with E-state index in [4.69, 9.17) is 4.74 Å². The van der Waals surface area contributed by atoms with E-state index in [1.54, 1.807) is 7.11 Å². The average Bonchev–Trinajstić information content (AvgIpc) is 2.79. The number of carbonyl (C=O) groups is 1. The zero-order valence-electron chi connectivity index (χ0n) is 11.6. The fraction of sp³-hybridized carbons (Fsp3) is 0.375. The highest BCUT2D eigenvalue weighted by molar-refractivity contribution is 5.97. The molecular formula is C16H18N2O2. The highest BCUT2D eigenvalue weighted by Gasteiger charge is 2.19. The Kier molecular flexibility index (Phi) is 3.54. The van der Waals surface area contributed by atoms with E-state index in [0.29, 0.717) is 13.0 Å². The monoisotopic (exact) mass is 270 g/mol. The number of ketones is 1. The van der Waals surface area contributed by atoms with E-state index in [2.05, 4.69) is 5.10 Å². The maximum absolute atomic E-state index is 12.0. The van der Waals surface area contributed by atoms with Crippen LogP contribution >= 0.6 is 0 Å². The van der Waals surface area contributed by atoms with Gasteiger partial charge in [0.05, 0.1) is 24.9 Å². The number of rotatable bonds is 3. The van der Waals surface area contributed by atoms with Gasteiger partial charge in [0.2, 0.25) is 0 Å². The number of nitrogens with zero attached hydrogens (tertiary/aromatic N) is 2. The molecule has 0 aliphatic heterocycles. The third-order valence-electron chi connectivity index (χ3n) is 3.71. The van der Waals surface area contributed by atoms with Crippen molar-refractivity contribution in [3.8, 4) is 5.75 Å². The molecule has 4 heteroatoms.